The lowest BCUT2D eigenvalue weighted by molar-refractivity contribution is 0.0669. The molecule has 6 heteroatoms. The Balaban J connectivity index is 1.81. The van der Waals surface area contributed by atoms with Crippen LogP contribution in [0.3, 0.4) is 0 Å². The van der Waals surface area contributed by atoms with Crippen LogP contribution in [0.4, 0.5) is 5.95 Å². The minimum absolute atomic E-state index is 0.167. The molecule has 1 saturated heterocycles. The fraction of sp³-hybridized carbons (Fsp3) is 0.455. The molecule has 90 valence electrons. The normalized spacial score (nSPS) is 19.9. The number of nitrogens with zero attached hydrogens (tertiary/aromatic N) is 2. The van der Waals surface area contributed by atoms with Crippen LogP contribution in [-0.4, -0.2) is 34.3 Å². The summed E-state index contributed by atoms with van der Waals surface area (Å²) >= 11 is 0. The monoisotopic (exact) mass is 234 g/mol. The molecule has 17 heavy (non-hydrogen) atoms. The number of aromatic amines is 1. The molecule has 2 aromatic heterocycles. The number of nitrogens with two attached hydrogens (primary N) is 1. The highest BCUT2D eigenvalue weighted by molar-refractivity contribution is 5.81. The average Bonchev–Trinajstić information content (AvgIpc) is 2.95. The number of aromatic nitrogens is 3. The summed E-state index contributed by atoms with van der Waals surface area (Å²) < 4.78 is 11.2. The summed E-state index contributed by atoms with van der Waals surface area (Å²) in [5, 5.41) is 0.845. The zero-order chi connectivity index (χ0) is 11.7. The molecule has 1 fully saturated rings. The molecule has 6 nitrogen and oxygen atoms in total. The summed E-state index contributed by atoms with van der Waals surface area (Å²) in [4.78, 5) is 11.2. The van der Waals surface area contributed by atoms with Crippen molar-refractivity contribution in [2.45, 2.75) is 18.9 Å². The van der Waals surface area contributed by atoms with Gasteiger partial charge in [-0.15, -0.1) is 0 Å². The van der Waals surface area contributed by atoms with Crippen LogP contribution in [0.2, 0.25) is 0 Å². The largest absolute Gasteiger partial charge is 0.474 e. The number of rotatable bonds is 3. The fourth-order valence-corrected chi connectivity index (χ4v) is 1.99. The Hall–Kier alpha value is -1.82. The van der Waals surface area contributed by atoms with E-state index in [9.17, 15) is 0 Å². The van der Waals surface area contributed by atoms with Crippen LogP contribution in [0.5, 0.6) is 5.88 Å². The van der Waals surface area contributed by atoms with E-state index in [4.69, 9.17) is 15.2 Å². The Morgan fingerprint density at radius 3 is 3.29 bits per heavy atom. The molecule has 3 heterocycles. The van der Waals surface area contributed by atoms with Gasteiger partial charge in [0.1, 0.15) is 12.3 Å². The Morgan fingerprint density at radius 2 is 2.47 bits per heavy atom. The van der Waals surface area contributed by atoms with Crippen LogP contribution in [0.1, 0.15) is 12.8 Å². The molecule has 1 atom stereocenters. The molecule has 3 N–H and O–H groups in total. The van der Waals surface area contributed by atoms with E-state index in [0.717, 1.165) is 24.8 Å². The van der Waals surface area contributed by atoms with Gasteiger partial charge in [-0.2, -0.15) is 9.97 Å². The van der Waals surface area contributed by atoms with Crippen molar-refractivity contribution >= 4 is 17.0 Å². The molecule has 0 spiro atoms. The van der Waals surface area contributed by atoms with E-state index in [1.807, 2.05) is 6.07 Å². The number of anilines is 1. The van der Waals surface area contributed by atoms with Gasteiger partial charge in [-0.1, -0.05) is 0 Å². The molecule has 1 aliphatic heterocycles. The summed E-state index contributed by atoms with van der Waals surface area (Å²) in [5.41, 5.74) is 6.31. The molecule has 0 amide bonds. The smallest absolute Gasteiger partial charge is 0.228 e. The number of H-pyrrole nitrogens is 1. The van der Waals surface area contributed by atoms with Crippen LogP contribution >= 0.6 is 0 Å². The van der Waals surface area contributed by atoms with Crippen molar-refractivity contribution in [3.05, 3.63) is 12.3 Å². The van der Waals surface area contributed by atoms with Crippen LogP contribution < -0.4 is 10.5 Å². The van der Waals surface area contributed by atoms with Gasteiger partial charge in [0.05, 0.1) is 11.5 Å². The maximum atomic E-state index is 5.67. The van der Waals surface area contributed by atoms with Gasteiger partial charge in [-0.05, 0) is 18.9 Å². The van der Waals surface area contributed by atoms with Gasteiger partial charge in [0.15, 0.2) is 0 Å². The summed E-state index contributed by atoms with van der Waals surface area (Å²) in [6.45, 7) is 1.33. The topological polar surface area (TPSA) is 86.0 Å². The summed E-state index contributed by atoms with van der Waals surface area (Å²) in [6, 6.07) is 1.87. The van der Waals surface area contributed by atoms with Gasteiger partial charge >= 0.3 is 0 Å². The summed E-state index contributed by atoms with van der Waals surface area (Å²) in [5.74, 6) is 0.728. The summed E-state index contributed by atoms with van der Waals surface area (Å²) in [7, 11) is 0. The van der Waals surface area contributed by atoms with Crippen molar-refractivity contribution in [2.24, 2.45) is 0 Å². The van der Waals surface area contributed by atoms with Gasteiger partial charge in [0.25, 0.3) is 0 Å². The Bertz CT molecular complexity index is 519. The first-order valence-corrected chi connectivity index (χ1v) is 5.68. The Labute approximate surface area is 98.1 Å². The quantitative estimate of drug-likeness (QED) is 0.830. The molecule has 1 unspecified atom stereocenters. The minimum atomic E-state index is 0.167. The molecule has 0 radical (unpaired) electrons. The van der Waals surface area contributed by atoms with E-state index in [1.54, 1.807) is 6.20 Å². The number of nitrogens with one attached hydrogen (secondary N) is 1. The van der Waals surface area contributed by atoms with Gasteiger partial charge in [-0.3, -0.25) is 0 Å². The standard InChI is InChI=1S/C11H14N4O2/c12-11-14-9-8(3-4-13-9)10(15-11)17-6-7-2-1-5-16-7/h3-4,7H,1-2,5-6H2,(H3,12,13,14,15). The third-order valence-electron chi connectivity index (χ3n) is 2.83. The highest BCUT2D eigenvalue weighted by atomic mass is 16.5. The lowest BCUT2D eigenvalue weighted by atomic mass is 10.2. The van der Waals surface area contributed by atoms with E-state index in [1.165, 1.54) is 0 Å². The second-order valence-corrected chi connectivity index (χ2v) is 4.07. The van der Waals surface area contributed by atoms with Gasteiger partial charge in [0.2, 0.25) is 11.8 Å². The number of nitrogen functional groups attached to an aromatic ring is 1. The van der Waals surface area contributed by atoms with Crippen molar-refractivity contribution in [3.63, 3.8) is 0 Å². The van der Waals surface area contributed by atoms with E-state index >= 15 is 0 Å². The molecule has 0 bridgehead atoms. The van der Waals surface area contributed by atoms with Gasteiger partial charge in [-0.25, -0.2) is 0 Å². The van der Waals surface area contributed by atoms with E-state index in [0.29, 0.717) is 18.1 Å². The lowest BCUT2D eigenvalue weighted by Gasteiger charge is -2.11. The van der Waals surface area contributed by atoms with E-state index < -0.39 is 0 Å². The third-order valence-corrected chi connectivity index (χ3v) is 2.83. The molecule has 0 aliphatic carbocycles. The summed E-state index contributed by atoms with van der Waals surface area (Å²) in [6.07, 6.45) is 4.09. The van der Waals surface area contributed by atoms with Gasteiger partial charge in [0, 0.05) is 12.8 Å². The van der Waals surface area contributed by atoms with Crippen molar-refractivity contribution in [3.8, 4) is 5.88 Å². The van der Waals surface area contributed by atoms with Crippen LogP contribution in [0.25, 0.3) is 11.0 Å². The second-order valence-electron chi connectivity index (χ2n) is 4.07. The van der Waals surface area contributed by atoms with E-state index in [-0.39, 0.29) is 12.1 Å². The maximum Gasteiger partial charge on any atom is 0.228 e. The zero-order valence-corrected chi connectivity index (χ0v) is 9.35. The van der Waals surface area contributed by atoms with Crippen molar-refractivity contribution in [1.29, 1.82) is 0 Å². The fourth-order valence-electron chi connectivity index (χ4n) is 1.99. The van der Waals surface area contributed by atoms with Crippen LogP contribution in [0.15, 0.2) is 12.3 Å². The zero-order valence-electron chi connectivity index (χ0n) is 9.35. The molecular weight excluding hydrogens is 220 g/mol. The lowest BCUT2D eigenvalue weighted by Crippen LogP contribution is -2.17. The average molecular weight is 234 g/mol. The third kappa shape index (κ3) is 2.03. The predicted octanol–water partition coefficient (Wildman–Crippen LogP) is 1.10. The number of hydrogen-bond donors (Lipinski definition) is 2. The number of hydrogen-bond acceptors (Lipinski definition) is 5. The molecule has 0 saturated carbocycles. The SMILES string of the molecule is Nc1nc(OCC2CCCO2)c2cc[nH]c2n1. The van der Waals surface area contributed by atoms with Crippen molar-refractivity contribution < 1.29 is 9.47 Å². The number of ether oxygens (including phenoxy) is 2. The molecule has 2 aromatic rings. The van der Waals surface area contributed by atoms with Gasteiger partial charge < -0.3 is 20.2 Å². The number of fused-ring (bicyclic) bond motifs is 1. The van der Waals surface area contributed by atoms with E-state index in [2.05, 4.69) is 15.0 Å². The molecular formula is C11H14N4O2. The first-order chi connectivity index (χ1) is 8.33. The maximum absolute atomic E-state index is 5.67. The molecule has 0 aromatic carbocycles. The van der Waals surface area contributed by atoms with Crippen LogP contribution in [-0.2, 0) is 4.74 Å². The van der Waals surface area contributed by atoms with Crippen molar-refractivity contribution in [1.82, 2.24) is 15.0 Å². The highest BCUT2D eigenvalue weighted by Crippen LogP contribution is 2.23. The Morgan fingerprint density at radius 1 is 1.53 bits per heavy atom. The first kappa shape index (κ1) is 10.3. The first-order valence-electron chi connectivity index (χ1n) is 5.68. The predicted molar refractivity (Wildman–Crippen MR) is 62.8 cm³/mol. The van der Waals surface area contributed by atoms with Crippen LogP contribution in [0, 0.1) is 0 Å². The molecule has 3 rings (SSSR count). The second kappa shape index (κ2) is 4.21. The highest BCUT2D eigenvalue weighted by Gasteiger charge is 2.17. The Kier molecular flexibility index (Phi) is 2.56. The van der Waals surface area contributed by atoms with Crippen molar-refractivity contribution in [2.75, 3.05) is 18.9 Å². The minimum Gasteiger partial charge on any atom is -0.474 e. The molecule has 1 aliphatic rings.